The third-order valence-corrected chi connectivity index (χ3v) is 2.69. The highest BCUT2D eigenvalue weighted by molar-refractivity contribution is 4.85. The third-order valence-electron chi connectivity index (χ3n) is 2.69. The van der Waals surface area contributed by atoms with E-state index in [1.807, 2.05) is 6.92 Å². The number of hydrogen-bond acceptors (Lipinski definition) is 1. The van der Waals surface area contributed by atoms with Crippen LogP contribution in [0.1, 0.15) is 33.1 Å². The van der Waals surface area contributed by atoms with Crippen LogP contribution in [0.25, 0.3) is 0 Å². The lowest BCUT2D eigenvalue weighted by Gasteiger charge is -2.36. The van der Waals surface area contributed by atoms with Crippen molar-refractivity contribution in [2.24, 2.45) is 0 Å². The molecule has 1 aliphatic rings. The summed E-state index contributed by atoms with van der Waals surface area (Å²) in [4.78, 5) is 2.20. The van der Waals surface area contributed by atoms with Gasteiger partial charge in [0.1, 0.15) is 5.67 Å². The summed E-state index contributed by atoms with van der Waals surface area (Å²) in [6, 6.07) is 0. The molecule has 0 radical (unpaired) electrons. The zero-order valence-corrected chi connectivity index (χ0v) is 7.57. The molecule has 0 N–H and O–H groups in total. The summed E-state index contributed by atoms with van der Waals surface area (Å²) in [6.07, 6.45) is 2.46. The van der Waals surface area contributed by atoms with Crippen molar-refractivity contribution >= 4 is 0 Å². The van der Waals surface area contributed by atoms with Crippen LogP contribution >= 0.6 is 0 Å². The van der Waals surface area contributed by atoms with Gasteiger partial charge in [-0.2, -0.15) is 0 Å². The molecule has 0 bridgehead atoms. The Kier molecular flexibility index (Phi) is 2.88. The minimum absolute atomic E-state index is 0.653. The highest BCUT2D eigenvalue weighted by Gasteiger charge is 2.32. The second-order valence-corrected chi connectivity index (χ2v) is 3.48. The number of rotatable bonds is 2. The maximum atomic E-state index is 13.7. The van der Waals surface area contributed by atoms with E-state index in [0.717, 1.165) is 25.9 Å². The molecule has 1 atom stereocenters. The quantitative estimate of drug-likeness (QED) is 0.597. The largest absolute Gasteiger partial charge is 0.300 e. The molecule has 1 unspecified atom stereocenters. The Labute approximate surface area is 68.6 Å². The van der Waals surface area contributed by atoms with Crippen molar-refractivity contribution in [3.8, 4) is 0 Å². The summed E-state index contributed by atoms with van der Waals surface area (Å²) in [6.45, 7) is 6.77. The number of piperidine rings is 1. The lowest BCUT2D eigenvalue weighted by atomic mass is 9.92. The SMILES string of the molecule is CCN1CCCC(F)(CC)C1. The van der Waals surface area contributed by atoms with Gasteiger partial charge in [0.2, 0.25) is 0 Å². The molecular weight excluding hydrogens is 141 g/mol. The van der Waals surface area contributed by atoms with E-state index in [-0.39, 0.29) is 0 Å². The summed E-state index contributed by atoms with van der Waals surface area (Å²) in [5.41, 5.74) is -0.881. The van der Waals surface area contributed by atoms with Crippen molar-refractivity contribution in [1.29, 1.82) is 0 Å². The molecule has 1 nitrogen and oxygen atoms in total. The molecule has 1 saturated heterocycles. The molecule has 0 aromatic carbocycles. The molecular formula is C9H18FN. The first-order chi connectivity index (χ1) is 5.20. The van der Waals surface area contributed by atoms with Gasteiger partial charge in [0.25, 0.3) is 0 Å². The zero-order valence-electron chi connectivity index (χ0n) is 7.57. The van der Waals surface area contributed by atoms with Crippen LogP contribution < -0.4 is 0 Å². The average Bonchev–Trinajstić information content (AvgIpc) is 2.05. The van der Waals surface area contributed by atoms with E-state index in [1.165, 1.54) is 0 Å². The summed E-state index contributed by atoms with van der Waals surface area (Å²) < 4.78 is 13.7. The van der Waals surface area contributed by atoms with Crippen molar-refractivity contribution in [3.05, 3.63) is 0 Å². The second kappa shape index (κ2) is 3.53. The van der Waals surface area contributed by atoms with Gasteiger partial charge in [-0.25, -0.2) is 4.39 Å². The molecule has 66 valence electrons. The first-order valence-electron chi connectivity index (χ1n) is 4.61. The van der Waals surface area contributed by atoms with E-state index in [9.17, 15) is 4.39 Å². The molecule has 0 aromatic heterocycles. The summed E-state index contributed by atoms with van der Waals surface area (Å²) >= 11 is 0. The highest BCUT2D eigenvalue weighted by Crippen LogP contribution is 2.27. The third kappa shape index (κ3) is 2.16. The van der Waals surface area contributed by atoms with Crippen LogP contribution in [-0.4, -0.2) is 30.2 Å². The fourth-order valence-electron chi connectivity index (χ4n) is 1.74. The van der Waals surface area contributed by atoms with E-state index < -0.39 is 5.67 Å². The van der Waals surface area contributed by atoms with Crippen LogP contribution in [-0.2, 0) is 0 Å². The normalized spacial score (nSPS) is 34.1. The summed E-state index contributed by atoms with van der Waals surface area (Å²) in [5, 5.41) is 0. The van der Waals surface area contributed by atoms with Crippen LogP contribution in [0.5, 0.6) is 0 Å². The Balaban J connectivity index is 2.44. The van der Waals surface area contributed by atoms with Crippen LogP contribution in [0.2, 0.25) is 0 Å². The van der Waals surface area contributed by atoms with E-state index in [2.05, 4.69) is 11.8 Å². The molecule has 0 spiro atoms. The van der Waals surface area contributed by atoms with E-state index in [0.29, 0.717) is 13.0 Å². The van der Waals surface area contributed by atoms with Gasteiger partial charge in [0, 0.05) is 6.54 Å². The monoisotopic (exact) mass is 159 g/mol. The molecule has 1 fully saturated rings. The van der Waals surface area contributed by atoms with Crippen LogP contribution in [0, 0.1) is 0 Å². The number of likely N-dealkylation sites (tertiary alicyclic amines) is 1. The fraction of sp³-hybridized carbons (Fsp3) is 1.00. The van der Waals surface area contributed by atoms with Gasteiger partial charge in [-0.1, -0.05) is 13.8 Å². The molecule has 0 aromatic rings. The number of hydrogen-bond donors (Lipinski definition) is 0. The molecule has 0 aliphatic carbocycles. The Bertz CT molecular complexity index is 127. The first kappa shape index (κ1) is 8.98. The van der Waals surface area contributed by atoms with Crippen LogP contribution in [0.3, 0.4) is 0 Å². The van der Waals surface area contributed by atoms with Gasteiger partial charge in [0.05, 0.1) is 0 Å². The van der Waals surface area contributed by atoms with E-state index >= 15 is 0 Å². The van der Waals surface area contributed by atoms with Crippen molar-refractivity contribution in [2.75, 3.05) is 19.6 Å². The maximum absolute atomic E-state index is 13.7. The number of alkyl halides is 1. The van der Waals surface area contributed by atoms with Crippen molar-refractivity contribution in [2.45, 2.75) is 38.8 Å². The van der Waals surface area contributed by atoms with Crippen molar-refractivity contribution < 1.29 is 4.39 Å². The Hall–Kier alpha value is -0.110. The Morgan fingerprint density at radius 2 is 2.18 bits per heavy atom. The number of nitrogens with zero attached hydrogens (tertiary/aromatic N) is 1. The smallest absolute Gasteiger partial charge is 0.123 e. The van der Waals surface area contributed by atoms with Gasteiger partial charge in [-0.15, -0.1) is 0 Å². The molecule has 11 heavy (non-hydrogen) atoms. The minimum Gasteiger partial charge on any atom is -0.300 e. The average molecular weight is 159 g/mol. The van der Waals surface area contributed by atoms with Crippen LogP contribution in [0.4, 0.5) is 4.39 Å². The lowest BCUT2D eigenvalue weighted by Crippen LogP contribution is -2.44. The highest BCUT2D eigenvalue weighted by atomic mass is 19.1. The van der Waals surface area contributed by atoms with Gasteiger partial charge in [-0.3, -0.25) is 0 Å². The van der Waals surface area contributed by atoms with Crippen molar-refractivity contribution in [3.63, 3.8) is 0 Å². The first-order valence-corrected chi connectivity index (χ1v) is 4.61. The molecule has 1 heterocycles. The lowest BCUT2D eigenvalue weighted by molar-refractivity contribution is 0.0448. The molecule has 2 heteroatoms. The molecule has 0 amide bonds. The second-order valence-electron chi connectivity index (χ2n) is 3.48. The topological polar surface area (TPSA) is 3.24 Å². The minimum atomic E-state index is -0.881. The Morgan fingerprint density at radius 1 is 1.45 bits per heavy atom. The van der Waals surface area contributed by atoms with Gasteiger partial charge < -0.3 is 4.90 Å². The van der Waals surface area contributed by atoms with Gasteiger partial charge >= 0.3 is 0 Å². The maximum Gasteiger partial charge on any atom is 0.123 e. The summed E-state index contributed by atoms with van der Waals surface area (Å²) in [5.74, 6) is 0. The van der Waals surface area contributed by atoms with Gasteiger partial charge in [-0.05, 0) is 32.4 Å². The summed E-state index contributed by atoms with van der Waals surface area (Å²) in [7, 11) is 0. The van der Waals surface area contributed by atoms with Crippen molar-refractivity contribution in [1.82, 2.24) is 4.90 Å². The Morgan fingerprint density at radius 3 is 2.73 bits per heavy atom. The number of halogens is 1. The fourth-order valence-corrected chi connectivity index (χ4v) is 1.74. The standard InChI is InChI=1S/C9H18FN/c1-3-9(10)6-5-7-11(4-2)8-9/h3-8H2,1-2H3. The van der Waals surface area contributed by atoms with E-state index in [1.54, 1.807) is 0 Å². The van der Waals surface area contributed by atoms with Crippen LogP contribution in [0.15, 0.2) is 0 Å². The predicted molar refractivity (Wildman–Crippen MR) is 45.5 cm³/mol. The predicted octanol–water partition coefficient (Wildman–Crippen LogP) is 2.22. The molecule has 0 saturated carbocycles. The molecule has 1 rings (SSSR count). The zero-order chi connectivity index (χ0) is 8.32. The molecule has 1 aliphatic heterocycles. The van der Waals surface area contributed by atoms with Gasteiger partial charge in [0.15, 0.2) is 0 Å². The van der Waals surface area contributed by atoms with E-state index in [4.69, 9.17) is 0 Å².